The zero-order valence-electron chi connectivity index (χ0n) is 14.7. The van der Waals surface area contributed by atoms with Gasteiger partial charge in [-0.25, -0.2) is 0 Å². The minimum Gasteiger partial charge on any atom is -0.396 e. The molecule has 3 rings (SSSR count). The number of amides is 1. The van der Waals surface area contributed by atoms with Crippen LogP contribution >= 0.6 is 0 Å². The van der Waals surface area contributed by atoms with Gasteiger partial charge in [0.15, 0.2) is 0 Å². The Bertz CT molecular complexity index is 533. The van der Waals surface area contributed by atoms with E-state index in [9.17, 15) is 4.79 Å². The summed E-state index contributed by atoms with van der Waals surface area (Å²) in [6.07, 6.45) is 2.18. The van der Waals surface area contributed by atoms with E-state index in [0.29, 0.717) is 36.8 Å². The zero-order valence-corrected chi connectivity index (χ0v) is 14.7. The highest BCUT2D eigenvalue weighted by Gasteiger charge is 2.36. The fraction of sp³-hybridized carbons (Fsp3) is 0.632. The van der Waals surface area contributed by atoms with Crippen molar-refractivity contribution in [3.05, 3.63) is 34.9 Å². The van der Waals surface area contributed by atoms with Crippen molar-refractivity contribution >= 4 is 5.91 Å². The van der Waals surface area contributed by atoms with Crippen molar-refractivity contribution in [1.82, 2.24) is 5.32 Å². The fourth-order valence-corrected chi connectivity index (χ4v) is 3.09. The van der Waals surface area contributed by atoms with Gasteiger partial charge in [0.2, 0.25) is 0 Å². The predicted molar refractivity (Wildman–Crippen MR) is 94.7 cm³/mol. The lowest BCUT2D eigenvalue weighted by Gasteiger charge is -2.10. The van der Waals surface area contributed by atoms with E-state index in [4.69, 9.17) is 15.9 Å². The number of aryl methyl sites for hydroxylation is 2. The molecule has 5 heteroatoms. The highest BCUT2D eigenvalue weighted by atomic mass is 16.3. The number of nitrogens with two attached hydrogens (primary N) is 1. The standard InChI is InChI=1S/C14H19NO2.C5H11NO/c1-9-4-3-5-10(2)13(9)14(17)15-7-11-6-12(11)8-16;6-2-4-1-5(4)3-7/h3-5,11-12,16H,6-8H2,1-2H3,(H,15,17);4-5,7H,1-3,6H2. The highest BCUT2D eigenvalue weighted by molar-refractivity contribution is 5.97. The Balaban J connectivity index is 0.000000249. The van der Waals surface area contributed by atoms with Crippen molar-refractivity contribution in [1.29, 1.82) is 0 Å². The molecule has 1 aromatic rings. The van der Waals surface area contributed by atoms with Crippen LogP contribution in [0.1, 0.15) is 34.3 Å². The van der Waals surface area contributed by atoms with Gasteiger partial charge >= 0.3 is 0 Å². The lowest BCUT2D eigenvalue weighted by atomic mass is 10.0. The van der Waals surface area contributed by atoms with Gasteiger partial charge in [-0.3, -0.25) is 4.79 Å². The molecule has 1 amide bonds. The van der Waals surface area contributed by atoms with E-state index in [1.165, 1.54) is 0 Å². The monoisotopic (exact) mass is 334 g/mol. The normalized spacial score (nSPS) is 27.0. The van der Waals surface area contributed by atoms with Crippen molar-refractivity contribution in [2.24, 2.45) is 29.4 Å². The van der Waals surface area contributed by atoms with Gasteiger partial charge in [0.25, 0.3) is 5.91 Å². The summed E-state index contributed by atoms with van der Waals surface area (Å²) >= 11 is 0. The first-order chi connectivity index (χ1) is 11.5. The SMILES string of the molecule is Cc1cccc(C)c1C(=O)NCC1CC1CO.NCC1CC1CO. The summed E-state index contributed by atoms with van der Waals surface area (Å²) in [7, 11) is 0. The number of aliphatic hydroxyl groups excluding tert-OH is 2. The van der Waals surface area contributed by atoms with Crippen LogP contribution in [-0.4, -0.2) is 42.4 Å². The molecule has 0 saturated heterocycles. The van der Waals surface area contributed by atoms with Crippen molar-refractivity contribution in [2.45, 2.75) is 26.7 Å². The van der Waals surface area contributed by atoms with E-state index in [0.717, 1.165) is 36.1 Å². The Kier molecular flexibility index (Phi) is 6.78. The summed E-state index contributed by atoms with van der Waals surface area (Å²) < 4.78 is 0. The van der Waals surface area contributed by atoms with Crippen LogP contribution in [0.25, 0.3) is 0 Å². The number of carbonyl (C=O) groups is 1. The Morgan fingerprint density at radius 2 is 1.62 bits per heavy atom. The number of hydrogen-bond donors (Lipinski definition) is 4. The topological polar surface area (TPSA) is 95.6 Å². The van der Waals surface area contributed by atoms with Crippen molar-refractivity contribution in [3.63, 3.8) is 0 Å². The zero-order chi connectivity index (χ0) is 17.7. The number of carbonyl (C=O) groups excluding carboxylic acids is 1. The van der Waals surface area contributed by atoms with Gasteiger partial charge in [0.05, 0.1) is 0 Å². The summed E-state index contributed by atoms with van der Waals surface area (Å²) in [5.41, 5.74) is 8.10. The van der Waals surface area contributed by atoms with E-state index in [1.54, 1.807) is 0 Å². The summed E-state index contributed by atoms with van der Waals surface area (Å²) in [5.74, 6) is 2.06. The maximum Gasteiger partial charge on any atom is 0.251 e. The van der Waals surface area contributed by atoms with E-state index >= 15 is 0 Å². The molecular weight excluding hydrogens is 304 g/mol. The molecule has 0 radical (unpaired) electrons. The van der Waals surface area contributed by atoms with Crippen LogP contribution < -0.4 is 11.1 Å². The lowest BCUT2D eigenvalue weighted by Crippen LogP contribution is -2.27. The first-order valence-corrected chi connectivity index (χ1v) is 8.78. The van der Waals surface area contributed by atoms with Crippen LogP contribution in [0.4, 0.5) is 0 Å². The van der Waals surface area contributed by atoms with Gasteiger partial charge in [0.1, 0.15) is 0 Å². The molecule has 2 saturated carbocycles. The second-order valence-electron chi connectivity index (χ2n) is 7.09. The van der Waals surface area contributed by atoms with E-state index in [2.05, 4.69) is 5.32 Å². The van der Waals surface area contributed by atoms with Gasteiger partial charge < -0.3 is 21.3 Å². The molecule has 0 heterocycles. The third-order valence-corrected chi connectivity index (χ3v) is 5.14. The second kappa shape index (κ2) is 8.60. The summed E-state index contributed by atoms with van der Waals surface area (Å²) in [6, 6.07) is 5.87. The average Bonchev–Trinajstić information content (AvgIpc) is 3.47. The van der Waals surface area contributed by atoms with E-state index in [1.807, 2.05) is 32.0 Å². The van der Waals surface area contributed by atoms with Crippen LogP contribution in [0, 0.1) is 37.5 Å². The minimum absolute atomic E-state index is 0.00388. The number of rotatable bonds is 6. The van der Waals surface area contributed by atoms with Crippen LogP contribution in [0.3, 0.4) is 0 Å². The Hall–Kier alpha value is -1.43. The molecule has 2 aliphatic rings. The Morgan fingerprint density at radius 1 is 1.08 bits per heavy atom. The first kappa shape index (κ1) is 18.9. The molecule has 5 nitrogen and oxygen atoms in total. The molecule has 2 fully saturated rings. The number of aliphatic hydroxyl groups is 2. The molecule has 0 aromatic heterocycles. The van der Waals surface area contributed by atoms with Gasteiger partial charge in [0, 0.05) is 25.3 Å². The smallest absolute Gasteiger partial charge is 0.251 e. The molecule has 0 aliphatic heterocycles. The largest absolute Gasteiger partial charge is 0.396 e. The fourth-order valence-electron chi connectivity index (χ4n) is 3.09. The van der Waals surface area contributed by atoms with Gasteiger partial charge in [-0.2, -0.15) is 0 Å². The van der Waals surface area contributed by atoms with Crippen molar-refractivity contribution < 1.29 is 15.0 Å². The van der Waals surface area contributed by atoms with Crippen molar-refractivity contribution in [3.8, 4) is 0 Å². The second-order valence-corrected chi connectivity index (χ2v) is 7.09. The number of benzene rings is 1. The summed E-state index contributed by atoms with van der Waals surface area (Å²) in [6.45, 7) is 5.92. The molecule has 0 bridgehead atoms. The van der Waals surface area contributed by atoms with Crippen LogP contribution in [0.5, 0.6) is 0 Å². The summed E-state index contributed by atoms with van der Waals surface area (Å²) in [4.78, 5) is 12.0. The maximum absolute atomic E-state index is 12.0. The quantitative estimate of drug-likeness (QED) is 0.629. The Labute approximate surface area is 144 Å². The van der Waals surface area contributed by atoms with E-state index < -0.39 is 0 Å². The molecule has 5 N–H and O–H groups in total. The van der Waals surface area contributed by atoms with Crippen LogP contribution in [0.2, 0.25) is 0 Å². The Morgan fingerprint density at radius 3 is 2.04 bits per heavy atom. The van der Waals surface area contributed by atoms with Crippen LogP contribution in [-0.2, 0) is 0 Å². The first-order valence-electron chi connectivity index (χ1n) is 8.78. The molecule has 4 atom stereocenters. The molecule has 0 spiro atoms. The molecule has 1 aromatic carbocycles. The maximum atomic E-state index is 12.0. The van der Waals surface area contributed by atoms with Gasteiger partial charge in [-0.1, -0.05) is 18.2 Å². The average molecular weight is 334 g/mol. The van der Waals surface area contributed by atoms with Crippen LogP contribution in [0.15, 0.2) is 18.2 Å². The predicted octanol–water partition coefficient (Wildman–Crippen LogP) is 1.24. The van der Waals surface area contributed by atoms with E-state index in [-0.39, 0.29) is 12.5 Å². The van der Waals surface area contributed by atoms with Gasteiger partial charge in [-0.05, 0) is 68.0 Å². The molecule has 134 valence electrons. The molecule has 2 aliphatic carbocycles. The van der Waals surface area contributed by atoms with Gasteiger partial charge in [-0.15, -0.1) is 0 Å². The third-order valence-electron chi connectivity index (χ3n) is 5.14. The molecular formula is C19H30N2O3. The van der Waals surface area contributed by atoms with Crippen molar-refractivity contribution in [2.75, 3.05) is 26.3 Å². The summed E-state index contributed by atoms with van der Waals surface area (Å²) in [5, 5.41) is 20.3. The minimum atomic E-state index is 0.00388. The lowest BCUT2D eigenvalue weighted by molar-refractivity contribution is 0.0949. The molecule has 24 heavy (non-hydrogen) atoms. The number of hydrogen-bond acceptors (Lipinski definition) is 4. The molecule has 4 unspecified atom stereocenters. The third kappa shape index (κ3) is 5.03. The number of nitrogens with one attached hydrogen (secondary N) is 1. The highest BCUT2D eigenvalue weighted by Crippen LogP contribution is 2.37.